The Labute approximate surface area is 167 Å². The summed E-state index contributed by atoms with van der Waals surface area (Å²) in [5, 5.41) is 0.717. The number of halogens is 1. The van der Waals surface area contributed by atoms with Gasteiger partial charge in [-0.05, 0) is 54.1 Å². The van der Waals surface area contributed by atoms with Crippen molar-refractivity contribution in [1.82, 2.24) is 4.98 Å². The number of nitrogens with zero attached hydrogens (tertiary/aromatic N) is 1. The molecule has 0 aliphatic rings. The predicted octanol–water partition coefficient (Wildman–Crippen LogP) is 5.41. The maximum Gasteiger partial charge on any atom is 0.339 e. The van der Waals surface area contributed by atoms with E-state index in [1.807, 2.05) is 48.5 Å². The van der Waals surface area contributed by atoms with Gasteiger partial charge in [0, 0.05) is 10.9 Å². The average molecular weight is 387 g/mol. The molecule has 0 saturated heterocycles. The van der Waals surface area contributed by atoms with E-state index >= 15 is 0 Å². The number of ether oxygens (including phenoxy) is 2. The average Bonchev–Trinajstić information content (AvgIpc) is 2.78. The molecule has 144 valence electrons. The molecule has 1 heterocycles. The number of rotatable bonds is 5. The largest absolute Gasteiger partial charge is 0.497 e. The van der Waals surface area contributed by atoms with Crippen molar-refractivity contribution in [3.8, 4) is 17.0 Å². The van der Waals surface area contributed by atoms with E-state index in [4.69, 9.17) is 9.47 Å². The number of hydrogen-bond donors (Lipinski definition) is 0. The van der Waals surface area contributed by atoms with Crippen LogP contribution in [0.5, 0.6) is 5.75 Å². The van der Waals surface area contributed by atoms with Crippen molar-refractivity contribution < 1.29 is 18.7 Å². The van der Waals surface area contributed by atoms with Gasteiger partial charge in [0.15, 0.2) is 0 Å². The number of carbonyl (C=O) groups excluding carboxylic acids is 1. The first-order valence-corrected chi connectivity index (χ1v) is 9.10. The van der Waals surface area contributed by atoms with Crippen molar-refractivity contribution in [2.24, 2.45) is 0 Å². The van der Waals surface area contributed by atoms with Crippen LogP contribution in [-0.4, -0.2) is 18.1 Å². The van der Waals surface area contributed by atoms with Crippen LogP contribution in [0.25, 0.3) is 22.2 Å². The maximum atomic E-state index is 13.1. The van der Waals surface area contributed by atoms with Gasteiger partial charge >= 0.3 is 5.97 Å². The summed E-state index contributed by atoms with van der Waals surface area (Å²) in [5.74, 6) is -0.0412. The van der Waals surface area contributed by atoms with Crippen molar-refractivity contribution in [3.05, 3.63) is 95.8 Å². The van der Waals surface area contributed by atoms with E-state index in [0.717, 1.165) is 11.3 Å². The summed E-state index contributed by atoms with van der Waals surface area (Å²) in [4.78, 5) is 17.5. The molecule has 4 rings (SSSR count). The Morgan fingerprint density at radius 1 is 0.966 bits per heavy atom. The topological polar surface area (TPSA) is 48.4 Å². The molecule has 3 aromatic carbocycles. The van der Waals surface area contributed by atoms with Gasteiger partial charge in [0.1, 0.15) is 18.2 Å². The van der Waals surface area contributed by atoms with E-state index in [1.54, 1.807) is 25.3 Å². The van der Waals surface area contributed by atoms with E-state index in [1.165, 1.54) is 12.1 Å². The molecule has 0 bridgehead atoms. The first-order valence-electron chi connectivity index (χ1n) is 9.10. The summed E-state index contributed by atoms with van der Waals surface area (Å²) in [6.07, 6.45) is 0. The lowest BCUT2D eigenvalue weighted by Crippen LogP contribution is -2.07. The molecule has 0 radical (unpaired) electrons. The molecule has 0 amide bonds. The van der Waals surface area contributed by atoms with Crippen LogP contribution < -0.4 is 4.74 Å². The van der Waals surface area contributed by atoms with Crippen LogP contribution in [0.15, 0.2) is 78.9 Å². The second kappa shape index (κ2) is 8.10. The number of para-hydroxylation sites is 1. The fraction of sp³-hybridized carbons (Fsp3) is 0.0833. The summed E-state index contributed by atoms with van der Waals surface area (Å²) >= 11 is 0. The van der Waals surface area contributed by atoms with Crippen molar-refractivity contribution in [3.63, 3.8) is 0 Å². The first kappa shape index (κ1) is 18.6. The number of aromatic nitrogens is 1. The Balaban J connectivity index is 1.68. The van der Waals surface area contributed by atoms with E-state index in [2.05, 4.69) is 4.98 Å². The minimum Gasteiger partial charge on any atom is -0.497 e. The molecule has 29 heavy (non-hydrogen) atoms. The van der Waals surface area contributed by atoms with Crippen LogP contribution in [0, 0.1) is 5.82 Å². The van der Waals surface area contributed by atoms with Gasteiger partial charge in [0.2, 0.25) is 0 Å². The summed E-state index contributed by atoms with van der Waals surface area (Å²) in [7, 11) is 1.61. The summed E-state index contributed by atoms with van der Waals surface area (Å²) < 4.78 is 23.7. The molecule has 0 atom stereocenters. The zero-order chi connectivity index (χ0) is 20.2. The SMILES string of the molecule is COc1ccc(-c2cc(C(=O)OCc3ccc(F)cc3)c3ccccc3n2)cc1. The lowest BCUT2D eigenvalue weighted by molar-refractivity contribution is 0.0475. The number of pyridine rings is 1. The highest BCUT2D eigenvalue weighted by Crippen LogP contribution is 2.27. The molecular weight excluding hydrogens is 369 g/mol. The van der Waals surface area contributed by atoms with Crippen LogP contribution in [-0.2, 0) is 11.3 Å². The first-order chi connectivity index (χ1) is 14.1. The van der Waals surface area contributed by atoms with E-state index < -0.39 is 5.97 Å². The second-order valence-electron chi connectivity index (χ2n) is 6.50. The van der Waals surface area contributed by atoms with Crippen LogP contribution in [0.4, 0.5) is 4.39 Å². The third-order valence-corrected chi connectivity index (χ3v) is 4.61. The van der Waals surface area contributed by atoms with Gasteiger partial charge in [-0.3, -0.25) is 0 Å². The van der Waals surface area contributed by atoms with Gasteiger partial charge in [-0.1, -0.05) is 30.3 Å². The molecule has 5 heteroatoms. The lowest BCUT2D eigenvalue weighted by Gasteiger charge is -2.11. The van der Waals surface area contributed by atoms with Crippen molar-refractivity contribution in [1.29, 1.82) is 0 Å². The summed E-state index contributed by atoms with van der Waals surface area (Å²) in [6.45, 7) is 0.0631. The van der Waals surface area contributed by atoms with Gasteiger partial charge in [-0.25, -0.2) is 14.2 Å². The molecule has 0 aliphatic heterocycles. The molecule has 0 unspecified atom stereocenters. The zero-order valence-corrected chi connectivity index (χ0v) is 15.8. The highest BCUT2D eigenvalue weighted by atomic mass is 19.1. The molecule has 1 aromatic heterocycles. The highest BCUT2D eigenvalue weighted by Gasteiger charge is 2.15. The number of methoxy groups -OCH3 is 1. The van der Waals surface area contributed by atoms with Crippen LogP contribution in [0.2, 0.25) is 0 Å². The molecule has 4 aromatic rings. The Bertz CT molecular complexity index is 1160. The van der Waals surface area contributed by atoms with Gasteiger partial charge < -0.3 is 9.47 Å². The molecule has 4 nitrogen and oxygen atoms in total. The molecule has 0 saturated carbocycles. The Morgan fingerprint density at radius 2 is 1.69 bits per heavy atom. The summed E-state index contributed by atoms with van der Waals surface area (Å²) in [6, 6.07) is 22.5. The number of carbonyl (C=O) groups is 1. The quantitative estimate of drug-likeness (QED) is 0.430. The minimum absolute atomic E-state index is 0.0631. The maximum absolute atomic E-state index is 13.1. The Morgan fingerprint density at radius 3 is 2.41 bits per heavy atom. The number of esters is 1. The number of benzene rings is 3. The number of hydrogen-bond acceptors (Lipinski definition) is 4. The smallest absolute Gasteiger partial charge is 0.339 e. The monoisotopic (exact) mass is 387 g/mol. The van der Waals surface area contributed by atoms with Crippen molar-refractivity contribution in [2.45, 2.75) is 6.61 Å². The fourth-order valence-electron chi connectivity index (χ4n) is 3.06. The third-order valence-electron chi connectivity index (χ3n) is 4.61. The van der Waals surface area contributed by atoms with E-state index in [9.17, 15) is 9.18 Å². The fourth-order valence-corrected chi connectivity index (χ4v) is 3.06. The molecular formula is C24H18FNO3. The molecule has 0 aliphatic carbocycles. The van der Waals surface area contributed by atoms with Crippen LogP contribution in [0.1, 0.15) is 15.9 Å². The van der Waals surface area contributed by atoms with Gasteiger partial charge in [-0.2, -0.15) is 0 Å². The second-order valence-corrected chi connectivity index (χ2v) is 6.50. The van der Waals surface area contributed by atoms with E-state index in [0.29, 0.717) is 27.7 Å². The van der Waals surface area contributed by atoms with Crippen molar-refractivity contribution >= 4 is 16.9 Å². The normalized spacial score (nSPS) is 10.7. The van der Waals surface area contributed by atoms with Crippen LogP contribution in [0.3, 0.4) is 0 Å². The number of fused-ring (bicyclic) bond motifs is 1. The molecule has 0 N–H and O–H groups in total. The summed E-state index contributed by atoms with van der Waals surface area (Å²) in [5.41, 5.74) is 3.38. The zero-order valence-electron chi connectivity index (χ0n) is 15.8. The van der Waals surface area contributed by atoms with Crippen LogP contribution >= 0.6 is 0 Å². The Kier molecular flexibility index (Phi) is 5.20. The molecule has 0 spiro atoms. The minimum atomic E-state index is -0.456. The third kappa shape index (κ3) is 4.09. The van der Waals surface area contributed by atoms with Gasteiger partial charge in [0.25, 0.3) is 0 Å². The molecule has 0 fully saturated rings. The highest BCUT2D eigenvalue weighted by molar-refractivity contribution is 6.04. The van der Waals surface area contributed by atoms with Gasteiger partial charge in [0.05, 0.1) is 23.9 Å². The predicted molar refractivity (Wildman–Crippen MR) is 109 cm³/mol. The van der Waals surface area contributed by atoms with E-state index in [-0.39, 0.29) is 12.4 Å². The van der Waals surface area contributed by atoms with Gasteiger partial charge in [-0.15, -0.1) is 0 Å². The lowest BCUT2D eigenvalue weighted by atomic mass is 10.0. The standard InChI is InChI=1S/C24H18FNO3/c1-28-19-12-8-17(9-13-19)23-14-21(20-4-2-3-5-22(20)26-23)24(27)29-15-16-6-10-18(25)11-7-16/h2-14H,15H2,1H3. The van der Waals surface area contributed by atoms with Crippen molar-refractivity contribution in [2.75, 3.05) is 7.11 Å². The Hall–Kier alpha value is -3.73.